The first-order valence-electron chi connectivity index (χ1n) is 8.65. The summed E-state index contributed by atoms with van der Waals surface area (Å²) in [4.78, 5) is 39.8. The number of carbonyl (C=O) groups excluding carboxylic acids is 3. The number of anilines is 1. The van der Waals surface area contributed by atoms with Gasteiger partial charge in [-0.25, -0.2) is 4.39 Å². The Morgan fingerprint density at radius 1 is 1.04 bits per heavy atom. The first-order chi connectivity index (χ1) is 13.0. The predicted molar refractivity (Wildman–Crippen MR) is 106 cm³/mol. The molecule has 3 rings (SSSR count). The Hall–Kier alpha value is -2.24. The average molecular weight is 422 g/mol. The molecule has 1 amide bonds. The van der Waals surface area contributed by atoms with Gasteiger partial charge < -0.3 is 0 Å². The topological polar surface area (TPSA) is 54.5 Å². The van der Waals surface area contributed by atoms with E-state index < -0.39 is 40.7 Å². The summed E-state index contributed by atoms with van der Waals surface area (Å²) >= 11 is 11.8. The summed E-state index contributed by atoms with van der Waals surface area (Å²) in [6, 6.07) is 9.63. The average Bonchev–Trinajstić information content (AvgIpc) is 2.88. The third kappa shape index (κ3) is 3.45. The standard InChI is InChI=1S/C21H18Cl2FNO3/c1-21(2,3)19(27)15-17(11-7-9-12(22)10-8-11)25(20(28)18(15)26)14-6-4-5-13(23)16(14)24/h4-10,15,17H,1-3H3. The molecule has 1 heterocycles. The molecule has 28 heavy (non-hydrogen) atoms. The number of carbonyl (C=O) groups is 3. The summed E-state index contributed by atoms with van der Waals surface area (Å²) in [5, 5.41) is 0.275. The van der Waals surface area contributed by atoms with Gasteiger partial charge in [-0.3, -0.25) is 19.3 Å². The zero-order valence-corrected chi connectivity index (χ0v) is 17.0. The highest BCUT2D eigenvalue weighted by atomic mass is 35.5. The Morgan fingerprint density at radius 3 is 2.21 bits per heavy atom. The van der Waals surface area contributed by atoms with Crippen LogP contribution in [0.3, 0.4) is 0 Å². The van der Waals surface area contributed by atoms with Crippen LogP contribution < -0.4 is 4.90 Å². The molecule has 0 N–H and O–H groups in total. The number of Topliss-reactive ketones (excluding diaryl/α,β-unsaturated/α-hetero) is 2. The summed E-state index contributed by atoms with van der Waals surface area (Å²) in [6.45, 7) is 5.03. The van der Waals surface area contributed by atoms with Crippen LogP contribution in [0.4, 0.5) is 10.1 Å². The van der Waals surface area contributed by atoms with Crippen molar-refractivity contribution < 1.29 is 18.8 Å². The highest BCUT2D eigenvalue weighted by Crippen LogP contribution is 2.44. The van der Waals surface area contributed by atoms with E-state index in [9.17, 15) is 18.8 Å². The SMILES string of the molecule is CC(C)(C)C(=O)C1C(=O)C(=O)N(c2cccc(Cl)c2F)C1c1ccc(Cl)cc1. The Labute approximate surface area is 172 Å². The van der Waals surface area contributed by atoms with Gasteiger partial charge in [-0.2, -0.15) is 0 Å². The van der Waals surface area contributed by atoms with Crippen molar-refractivity contribution in [2.24, 2.45) is 11.3 Å². The van der Waals surface area contributed by atoms with Gasteiger partial charge in [-0.15, -0.1) is 0 Å². The molecule has 2 unspecified atom stereocenters. The van der Waals surface area contributed by atoms with E-state index in [2.05, 4.69) is 0 Å². The number of hydrogen-bond acceptors (Lipinski definition) is 3. The lowest BCUT2D eigenvalue weighted by molar-refractivity contribution is -0.141. The molecule has 146 valence electrons. The van der Waals surface area contributed by atoms with E-state index >= 15 is 0 Å². The van der Waals surface area contributed by atoms with Crippen LogP contribution >= 0.6 is 23.2 Å². The van der Waals surface area contributed by atoms with Gasteiger partial charge in [0.15, 0.2) is 11.6 Å². The number of halogens is 3. The monoisotopic (exact) mass is 421 g/mol. The molecule has 2 aromatic carbocycles. The van der Waals surface area contributed by atoms with Crippen molar-refractivity contribution in [3.05, 3.63) is 63.9 Å². The van der Waals surface area contributed by atoms with Crippen LogP contribution in [0.25, 0.3) is 0 Å². The summed E-state index contributed by atoms with van der Waals surface area (Å²) < 4.78 is 14.7. The van der Waals surface area contributed by atoms with Gasteiger partial charge in [0.2, 0.25) is 5.78 Å². The number of hydrogen-bond donors (Lipinski definition) is 0. The molecule has 2 atom stereocenters. The maximum Gasteiger partial charge on any atom is 0.295 e. The van der Waals surface area contributed by atoms with Gasteiger partial charge in [-0.05, 0) is 29.8 Å². The molecule has 0 bridgehead atoms. The Kier molecular flexibility index (Phi) is 5.34. The van der Waals surface area contributed by atoms with Gasteiger partial charge in [0.25, 0.3) is 5.91 Å². The Morgan fingerprint density at radius 2 is 1.64 bits per heavy atom. The van der Waals surface area contributed by atoms with Crippen molar-refractivity contribution in [3.8, 4) is 0 Å². The molecule has 7 heteroatoms. The fraction of sp³-hybridized carbons (Fsp3) is 0.286. The number of amides is 1. The molecule has 4 nitrogen and oxygen atoms in total. The largest absolute Gasteiger partial charge is 0.298 e. The van der Waals surface area contributed by atoms with Crippen LogP contribution in [0.2, 0.25) is 10.0 Å². The highest BCUT2D eigenvalue weighted by Gasteiger charge is 2.54. The third-order valence-electron chi connectivity index (χ3n) is 4.73. The predicted octanol–water partition coefficient (Wildman–Crippen LogP) is 5.02. The van der Waals surface area contributed by atoms with Crippen molar-refractivity contribution in [1.82, 2.24) is 0 Å². The first kappa shape index (κ1) is 20.5. The number of rotatable bonds is 3. The summed E-state index contributed by atoms with van der Waals surface area (Å²) in [5.74, 6) is -4.28. The maximum absolute atomic E-state index is 14.7. The van der Waals surface area contributed by atoms with E-state index in [1.807, 2.05) is 0 Å². The van der Waals surface area contributed by atoms with E-state index in [0.717, 1.165) is 4.90 Å². The summed E-state index contributed by atoms with van der Waals surface area (Å²) in [7, 11) is 0. The molecule has 0 radical (unpaired) electrons. The summed E-state index contributed by atoms with van der Waals surface area (Å²) in [5.41, 5.74) is -0.505. The molecule has 2 aromatic rings. The van der Waals surface area contributed by atoms with Crippen LogP contribution in [0.15, 0.2) is 42.5 Å². The molecule has 0 saturated carbocycles. The van der Waals surface area contributed by atoms with E-state index in [1.165, 1.54) is 18.2 Å². The van der Waals surface area contributed by atoms with E-state index in [-0.39, 0.29) is 10.7 Å². The van der Waals surface area contributed by atoms with Crippen molar-refractivity contribution in [2.75, 3.05) is 4.90 Å². The quantitative estimate of drug-likeness (QED) is 0.516. The van der Waals surface area contributed by atoms with Gasteiger partial charge in [0.1, 0.15) is 5.92 Å². The fourth-order valence-electron chi connectivity index (χ4n) is 3.34. The second kappa shape index (κ2) is 7.30. The number of ketones is 2. The number of nitrogens with zero attached hydrogens (tertiary/aromatic N) is 1. The van der Waals surface area contributed by atoms with Crippen LogP contribution in [0.1, 0.15) is 32.4 Å². The molecule has 1 aliphatic rings. The van der Waals surface area contributed by atoms with E-state index in [1.54, 1.807) is 45.0 Å². The van der Waals surface area contributed by atoms with E-state index in [0.29, 0.717) is 10.6 Å². The fourth-order valence-corrected chi connectivity index (χ4v) is 3.63. The van der Waals surface area contributed by atoms with Crippen LogP contribution in [-0.4, -0.2) is 17.5 Å². The van der Waals surface area contributed by atoms with Crippen LogP contribution in [0.5, 0.6) is 0 Å². The normalized spacial score (nSPS) is 20.0. The van der Waals surface area contributed by atoms with Crippen molar-refractivity contribution >= 4 is 46.4 Å². The van der Waals surface area contributed by atoms with Crippen molar-refractivity contribution in [3.63, 3.8) is 0 Å². The molecule has 0 aliphatic carbocycles. The molecule has 0 aromatic heterocycles. The second-order valence-corrected chi connectivity index (χ2v) is 8.54. The number of benzene rings is 2. The van der Waals surface area contributed by atoms with Crippen LogP contribution in [-0.2, 0) is 14.4 Å². The minimum atomic E-state index is -1.26. The lowest BCUT2D eigenvalue weighted by Crippen LogP contribution is -2.36. The minimum Gasteiger partial charge on any atom is -0.298 e. The van der Waals surface area contributed by atoms with Gasteiger partial charge in [0.05, 0.1) is 16.8 Å². The van der Waals surface area contributed by atoms with Crippen LogP contribution in [0, 0.1) is 17.2 Å². The Balaban J connectivity index is 2.23. The van der Waals surface area contributed by atoms with Gasteiger partial charge >= 0.3 is 0 Å². The first-order valence-corrected chi connectivity index (χ1v) is 9.41. The zero-order valence-electron chi connectivity index (χ0n) is 15.5. The maximum atomic E-state index is 14.7. The highest BCUT2D eigenvalue weighted by molar-refractivity contribution is 6.48. The lowest BCUT2D eigenvalue weighted by Gasteiger charge is -2.30. The summed E-state index contributed by atoms with van der Waals surface area (Å²) in [6.07, 6.45) is 0. The molecule has 1 fully saturated rings. The van der Waals surface area contributed by atoms with Crippen molar-refractivity contribution in [1.29, 1.82) is 0 Å². The smallest absolute Gasteiger partial charge is 0.295 e. The zero-order chi connectivity index (χ0) is 20.8. The second-order valence-electron chi connectivity index (χ2n) is 7.70. The molecular weight excluding hydrogens is 404 g/mol. The molecular formula is C21H18Cl2FNO3. The minimum absolute atomic E-state index is 0.144. The molecule has 1 aliphatic heterocycles. The lowest BCUT2D eigenvalue weighted by atomic mass is 9.77. The molecule has 1 saturated heterocycles. The van der Waals surface area contributed by atoms with Gasteiger partial charge in [-0.1, -0.05) is 62.2 Å². The molecule has 0 spiro atoms. The van der Waals surface area contributed by atoms with Crippen molar-refractivity contribution in [2.45, 2.75) is 26.8 Å². The third-order valence-corrected chi connectivity index (χ3v) is 5.27. The van der Waals surface area contributed by atoms with Gasteiger partial charge in [0, 0.05) is 10.4 Å². The van der Waals surface area contributed by atoms with E-state index in [4.69, 9.17) is 23.2 Å². The Bertz CT molecular complexity index is 967.